The monoisotopic (exact) mass is 367 g/mol. The van der Waals surface area contributed by atoms with E-state index in [1.165, 1.54) is 44.2 Å². The maximum absolute atomic E-state index is 12.7. The molecular formula is C22H29N3O2. The summed E-state index contributed by atoms with van der Waals surface area (Å²) in [6.07, 6.45) is 9.06. The van der Waals surface area contributed by atoms with Crippen molar-refractivity contribution in [3.05, 3.63) is 48.4 Å². The number of hydrogen-bond donors (Lipinski definition) is 1. The number of carbonyl (C=O) groups is 1. The van der Waals surface area contributed by atoms with E-state index in [4.69, 9.17) is 4.42 Å². The van der Waals surface area contributed by atoms with Crippen LogP contribution in [0.1, 0.15) is 44.3 Å². The van der Waals surface area contributed by atoms with Gasteiger partial charge < -0.3 is 14.6 Å². The molecule has 0 atom stereocenters. The Morgan fingerprint density at radius 1 is 1.07 bits per heavy atom. The fraction of sp³-hybridized carbons (Fsp3) is 0.500. The average Bonchev–Trinajstić information content (AvgIpc) is 3.44. The number of amides is 1. The Morgan fingerprint density at radius 2 is 1.81 bits per heavy atom. The highest BCUT2D eigenvalue weighted by atomic mass is 16.3. The third kappa shape index (κ3) is 4.72. The molecular weight excluding hydrogens is 338 g/mol. The van der Waals surface area contributed by atoms with Crippen LogP contribution in [-0.2, 0) is 11.3 Å². The number of carbonyl (C=O) groups excluding carboxylic acids is 1. The lowest BCUT2D eigenvalue weighted by atomic mass is 10.2. The second kappa shape index (κ2) is 8.61. The van der Waals surface area contributed by atoms with Gasteiger partial charge in [-0.25, -0.2) is 0 Å². The van der Waals surface area contributed by atoms with Gasteiger partial charge >= 0.3 is 0 Å². The van der Waals surface area contributed by atoms with E-state index >= 15 is 0 Å². The highest BCUT2D eigenvalue weighted by Crippen LogP contribution is 2.25. The summed E-state index contributed by atoms with van der Waals surface area (Å²) in [5.41, 5.74) is 2.11. The summed E-state index contributed by atoms with van der Waals surface area (Å²) in [5, 5.41) is 3.06. The maximum atomic E-state index is 12.7. The molecule has 2 aromatic rings. The van der Waals surface area contributed by atoms with Crippen LogP contribution in [0.5, 0.6) is 0 Å². The summed E-state index contributed by atoms with van der Waals surface area (Å²) in [4.78, 5) is 17.3. The lowest BCUT2D eigenvalue weighted by Crippen LogP contribution is -2.39. The van der Waals surface area contributed by atoms with Crippen LogP contribution in [0.3, 0.4) is 0 Å². The van der Waals surface area contributed by atoms with Crippen molar-refractivity contribution in [1.29, 1.82) is 0 Å². The van der Waals surface area contributed by atoms with E-state index in [2.05, 4.69) is 27.2 Å². The summed E-state index contributed by atoms with van der Waals surface area (Å²) in [5.74, 6) is 0.965. The van der Waals surface area contributed by atoms with Crippen molar-refractivity contribution in [3.63, 3.8) is 0 Å². The quantitative estimate of drug-likeness (QED) is 0.794. The van der Waals surface area contributed by atoms with E-state index in [0.29, 0.717) is 19.1 Å². The predicted octanol–water partition coefficient (Wildman–Crippen LogP) is 4.26. The minimum absolute atomic E-state index is 0.0439. The zero-order valence-corrected chi connectivity index (χ0v) is 15.9. The predicted molar refractivity (Wildman–Crippen MR) is 108 cm³/mol. The number of hydrogen-bond acceptors (Lipinski definition) is 4. The first kappa shape index (κ1) is 18.1. The fourth-order valence-corrected chi connectivity index (χ4v) is 4.30. The highest BCUT2D eigenvalue weighted by Gasteiger charge is 2.25. The van der Waals surface area contributed by atoms with Crippen LogP contribution < -0.4 is 10.2 Å². The molecule has 1 aliphatic carbocycles. The molecule has 0 bridgehead atoms. The zero-order valence-electron chi connectivity index (χ0n) is 15.9. The molecule has 1 amide bonds. The average molecular weight is 367 g/mol. The molecule has 1 saturated carbocycles. The third-order valence-electron chi connectivity index (χ3n) is 5.75. The molecule has 4 rings (SSSR count). The Morgan fingerprint density at radius 3 is 2.48 bits per heavy atom. The van der Waals surface area contributed by atoms with Crippen LogP contribution in [0.4, 0.5) is 11.4 Å². The molecule has 5 nitrogen and oxygen atoms in total. The van der Waals surface area contributed by atoms with Gasteiger partial charge in [0, 0.05) is 30.5 Å². The van der Waals surface area contributed by atoms with Crippen molar-refractivity contribution in [3.8, 4) is 0 Å². The van der Waals surface area contributed by atoms with Crippen LogP contribution >= 0.6 is 0 Å². The van der Waals surface area contributed by atoms with Gasteiger partial charge in [-0.05, 0) is 62.1 Å². The van der Waals surface area contributed by atoms with Crippen LogP contribution in [-0.4, -0.2) is 36.5 Å². The molecule has 1 saturated heterocycles. The second-order valence-corrected chi connectivity index (χ2v) is 7.71. The third-order valence-corrected chi connectivity index (χ3v) is 5.75. The van der Waals surface area contributed by atoms with Crippen LogP contribution in [0, 0.1) is 0 Å². The van der Waals surface area contributed by atoms with E-state index < -0.39 is 0 Å². The van der Waals surface area contributed by atoms with Crippen LogP contribution in [0.25, 0.3) is 0 Å². The smallest absolute Gasteiger partial charge is 0.238 e. The van der Waals surface area contributed by atoms with E-state index in [1.807, 2.05) is 24.3 Å². The number of furan rings is 1. The fourth-order valence-electron chi connectivity index (χ4n) is 4.30. The summed E-state index contributed by atoms with van der Waals surface area (Å²) in [6.45, 7) is 3.36. The molecule has 2 heterocycles. The van der Waals surface area contributed by atoms with Crippen molar-refractivity contribution in [2.45, 2.75) is 51.1 Å². The molecule has 0 spiro atoms. The van der Waals surface area contributed by atoms with E-state index in [1.54, 1.807) is 6.26 Å². The van der Waals surface area contributed by atoms with Crippen molar-refractivity contribution in [1.82, 2.24) is 4.90 Å². The number of rotatable bonds is 7. The molecule has 2 fully saturated rings. The molecule has 1 N–H and O–H groups in total. The normalized spacial score (nSPS) is 17.7. The van der Waals surface area contributed by atoms with E-state index in [-0.39, 0.29) is 5.91 Å². The van der Waals surface area contributed by atoms with Gasteiger partial charge in [-0.3, -0.25) is 9.69 Å². The largest absolute Gasteiger partial charge is 0.468 e. The molecule has 1 aromatic carbocycles. The molecule has 1 aromatic heterocycles. The Hall–Kier alpha value is -2.27. The van der Waals surface area contributed by atoms with Crippen molar-refractivity contribution in [2.75, 3.05) is 29.9 Å². The lowest BCUT2D eigenvalue weighted by molar-refractivity contribution is -0.118. The van der Waals surface area contributed by atoms with Crippen LogP contribution in [0.2, 0.25) is 0 Å². The Labute approximate surface area is 161 Å². The van der Waals surface area contributed by atoms with Gasteiger partial charge in [-0.2, -0.15) is 0 Å². The summed E-state index contributed by atoms with van der Waals surface area (Å²) in [6, 6.07) is 12.6. The van der Waals surface area contributed by atoms with Gasteiger partial charge in [0.15, 0.2) is 0 Å². The Balaban J connectivity index is 1.35. The first-order chi connectivity index (χ1) is 13.3. The van der Waals surface area contributed by atoms with Gasteiger partial charge in [0.25, 0.3) is 0 Å². The number of anilines is 2. The van der Waals surface area contributed by atoms with Gasteiger partial charge in [0.05, 0.1) is 19.4 Å². The van der Waals surface area contributed by atoms with Gasteiger partial charge in [-0.15, -0.1) is 0 Å². The number of benzene rings is 1. The molecule has 0 unspecified atom stereocenters. The number of nitrogens with one attached hydrogen (secondary N) is 1. The SMILES string of the molecule is O=C(CN(Cc1ccco1)C1CCCC1)Nc1ccc(N2CCCC2)cc1. The lowest BCUT2D eigenvalue weighted by Gasteiger charge is -2.27. The molecule has 5 heteroatoms. The van der Waals surface area contributed by atoms with Crippen molar-refractivity contribution < 1.29 is 9.21 Å². The standard InChI is InChI=1S/C22H29N3O2/c26-22(23-18-9-11-20(12-10-18)24-13-3-4-14-24)17-25(19-6-1-2-7-19)16-21-8-5-15-27-21/h5,8-12,15,19H,1-4,6-7,13-14,16-17H2,(H,23,26). The second-order valence-electron chi connectivity index (χ2n) is 7.71. The topological polar surface area (TPSA) is 48.7 Å². The molecule has 2 aliphatic rings. The van der Waals surface area contributed by atoms with Gasteiger partial charge in [0.1, 0.15) is 5.76 Å². The van der Waals surface area contributed by atoms with E-state index in [9.17, 15) is 4.79 Å². The minimum Gasteiger partial charge on any atom is -0.468 e. The summed E-state index contributed by atoms with van der Waals surface area (Å²) >= 11 is 0. The van der Waals surface area contributed by atoms with Crippen LogP contribution in [0.15, 0.2) is 47.1 Å². The Kier molecular flexibility index (Phi) is 5.78. The molecule has 27 heavy (non-hydrogen) atoms. The number of nitrogens with zero attached hydrogens (tertiary/aromatic N) is 2. The summed E-state index contributed by atoms with van der Waals surface area (Å²) in [7, 11) is 0. The molecule has 144 valence electrons. The first-order valence-electron chi connectivity index (χ1n) is 10.2. The summed E-state index contributed by atoms with van der Waals surface area (Å²) < 4.78 is 5.51. The van der Waals surface area contributed by atoms with Gasteiger partial charge in [-0.1, -0.05) is 12.8 Å². The molecule has 1 aliphatic heterocycles. The minimum atomic E-state index is 0.0439. The van der Waals surface area contributed by atoms with E-state index in [0.717, 1.165) is 24.5 Å². The first-order valence-corrected chi connectivity index (χ1v) is 10.2. The maximum Gasteiger partial charge on any atom is 0.238 e. The van der Waals surface area contributed by atoms with Gasteiger partial charge in [0.2, 0.25) is 5.91 Å². The highest BCUT2D eigenvalue weighted by molar-refractivity contribution is 5.92. The van der Waals surface area contributed by atoms with Crippen molar-refractivity contribution >= 4 is 17.3 Å². The van der Waals surface area contributed by atoms with Crippen molar-refractivity contribution in [2.24, 2.45) is 0 Å². The molecule has 0 radical (unpaired) electrons. The zero-order chi connectivity index (χ0) is 18.5. The Bertz CT molecular complexity index is 715.